The molecular formula is C20H22ClFN2O3S. The molecule has 1 aliphatic rings. The van der Waals surface area contributed by atoms with E-state index >= 15 is 0 Å². The molecule has 0 bridgehead atoms. The standard InChI is InChI=1S/C20H22ClFN2O3S/c21-18-5-1-3-16(11-18)14-28(26,27)24-10-2-4-17(13-24)20(25)23-12-15-6-8-19(22)9-7-15/h1,3,5-9,11,17H,2,4,10,12-14H2,(H,23,25)/t17-/m1/s1. The first-order valence-electron chi connectivity index (χ1n) is 9.08. The number of carbonyl (C=O) groups excluding carboxylic acids is 1. The van der Waals surface area contributed by atoms with Crippen LogP contribution in [0.3, 0.4) is 0 Å². The van der Waals surface area contributed by atoms with E-state index in [-0.39, 0.29) is 30.6 Å². The van der Waals surface area contributed by atoms with E-state index in [9.17, 15) is 17.6 Å². The molecule has 1 aliphatic heterocycles. The van der Waals surface area contributed by atoms with Crippen molar-refractivity contribution < 1.29 is 17.6 Å². The van der Waals surface area contributed by atoms with Gasteiger partial charge in [0.05, 0.1) is 11.7 Å². The third-order valence-electron chi connectivity index (χ3n) is 4.77. The van der Waals surface area contributed by atoms with Gasteiger partial charge >= 0.3 is 0 Å². The Bertz CT molecular complexity index is 935. The highest BCUT2D eigenvalue weighted by molar-refractivity contribution is 7.88. The first kappa shape index (κ1) is 20.8. The van der Waals surface area contributed by atoms with Crippen molar-refractivity contribution in [1.29, 1.82) is 0 Å². The number of hydrogen-bond donors (Lipinski definition) is 1. The zero-order valence-electron chi connectivity index (χ0n) is 15.3. The van der Waals surface area contributed by atoms with Crippen molar-refractivity contribution in [2.24, 2.45) is 5.92 Å². The van der Waals surface area contributed by atoms with E-state index in [1.807, 2.05) is 0 Å². The average molecular weight is 425 g/mol. The lowest BCUT2D eigenvalue weighted by atomic mass is 9.99. The molecule has 3 rings (SSSR count). The van der Waals surface area contributed by atoms with Crippen molar-refractivity contribution in [2.75, 3.05) is 13.1 Å². The topological polar surface area (TPSA) is 66.5 Å². The number of benzene rings is 2. The minimum Gasteiger partial charge on any atom is -0.352 e. The summed E-state index contributed by atoms with van der Waals surface area (Å²) in [5, 5.41) is 3.31. The normalized spacial score (nSPS) is 18.0. The number of halogens is 2. The lowest BCUT2D eigenvalue weighted by Crippen LogP contribution is -2.45. The van der Waals surface area contributed by atoms with Gasteiger partial charge in [0.2, 0.25) is 15.9 Å². The molecule has 2 aromatic rings. The minimum absolute atomic E-state index is 0.141. The molecule has 0 spiro atoms. The van der Waals surface area contributed by atoms with Gasteiger partial charge in [-0.1, -0.05) is 35.9 Å². The summed E-state index contributed by atoms with van der Waals surface area (Å²) in [6.07, 6.45) is 1.27. The third kappa shape index (κ3) is 5.53. The second-order valence-electron chi connectivity index (χ2n) is 6.93. The van der Waals surface area contributed by atoms with Crippen molar-refractivity contribution in [2.45, 2.75) is 25.1 Å². The predicted molar refractivity (Wildman–Crippen MR) is 107 cm³/mol. The van der Waals surface area contributed by atoms with E-state index in [1.165, 1.54) is 16.4 Å². The SMILES string of the molecule is O=C(NCc1ccc(F)cc1)[C@@H]1CCCN(S(=O)(=O)Cc2cccc(Cl)c2)C1. The Labute approximate surface area is 169 Å². The molecule has 1 N–H and O–H groups in total. The fourth-order valence-electron chi connectivity index (χ4n) is 3.27. The quantitative estimate of drug-likeness (QED) is 0.773. The fourth-order valence-corrected chi connectivity index (χ4v) is 5.08. The number of hydrogen-bond acceptors (Lipinski definition) is 3. The highest BCUT2D eigenvalue weighted by atomic mass is 35.5. The number of carbonyl (C=O) groups is 1. The van der Waals surface area contributed by atoms with Crippen LogP contribution in [0.25, 0.3) is 0 Å². The maximum Gasteiger partial charge on any atom is 0.224 e. The zero-order valence-corrected chi connectivity index (χ0v) is 16.8. The summed E-state index contributed by atoms with van der Waals surface area (Å²) < 4.78 is 39.9. The van der Waals surface area contributed by atoms with Gasteiger partial charge < -0.3 is 5.32 Å². The van der Waals surface area contributed by atoms with Crippen molar-refractivity contribution >= 4 is 27.5 Å². The van der Waals surface area contributed by atoms with E-state index < -0.39 is 15.9 Å². The van der Waals surface area contributed by atoms with Crippen molar-refractivity contribution in [3.8, 4) is 0 Å². The Morgan fingerprint density at radius 1 is 1.18 bits per heavy atom. The first-order valence-corrected chi connectivity index (χ1v) is 11.1. The average Bonchev–Trinajstić information content (AvgIpc) is 2.67. The molecule has 1 amide bonds. The van der Waals surface area contributed by atoms with Gasteiger partial charge in [-0.05, 0) is 48.2 Å². The second kappa shape index (κ2) is 9.03. The van der Waals surface area contributed by atoms with E-state index in [0.29, 0.717) is 30.0 Å². The minimum atomic E-state index is -3.54. The number of rotatable bonds is 6. The Kier molecular flexibility index (Phi) is 6.69. The van der Waals surface area contributed by atoms with Gasteiger partial charge in [-0.25, -0.2) is 17.1 Å². The summed E-state index contributed by atoms with van der Waals surface area (Å²) in [6.45, 7) is 0.855. The van der Waals surface area contributed by atoms with E-state index in [0.717, 1.165) is 5.56 Å². The van der Waals surface area contributed by atoms with Crippen LogP contribution in [0.2, 0.25) is 5.02 Å². The summed E-state index contributed by atoms with van der Waals surface area (Å²) in [5.41, 5.74) is 1.41. The molecule has 5 nitrogen and oxygen atoms in total. The third-order valence-corrected chi connectivity index (χ3v) is 6.82. The predicted octanol–water partition coefficient (Wildman–Crippen LogP) is 3.34. The maximum absolute atomic E-state index is 13.0. The van der Waals surface area contributed by atoms with E-state index in [1.54, 1.807) is 36.4 Å². The monoisotopic (exact) mass is 424 g/mol. The van der Waals surface area contributed by atoms with E-state index in [4.69, 9.17) is 11.6 Å². The molecule has 1 fully saturated rings. The van der Waals surface area contributed by atoms with Gasteiger partial charge in [0, 0.05) is 24.7 Å². The molecule has 1 heterocycles. The highest BCUT2D eigenvalue weighted by Gasteiger charge is 2.32. The van der Waals surface area contributed by atoms with Gasteiger partial charge in [0.15, 0.2) is 0 Å². The van der Waals surface area contributed by atoms with Gasteiger partial charge in [0.1, 0.15) is 5.82 Å². The summed E-state index contributed by atoms with van der Waals surface area (Å²) in [5.74, 6) is -1.06. The van der Waals surface area contributed by atoms with Gasteiger partial charge in [0.25, 0.3) is 0 Å². The van der Waals surface area contributed by atoms with Crippen LogP contribution in [0.5, 0.6) is 0 Å². The Hall–Kier alpha value is -1.96. The molecule has 0 saturated carbocycles. The van der Waals surface area contributed by atoms with Crippen LogP contribution in [0.15, 0.2) is 48.5 Å². The van der Waals surface area contributed by atoms with Gasteiger partial charge in [-0.3, -0.25) is 4.79 Å². The number of nitrogens with zero attached hydrogens (tertiary/aromatic N) is 1. The van der Waals surface area contributed by atoms with Crippen LogP contribution < -0.4 is 5.32 Å². The lowest BCUT2D eigenvalue weighted by Gasteiger charge is -2.31. The molecule has 8 heteroatoms. The fraction of sp³-hybridized carbons (Fsp3) is 0.350. The first-order chi connectivity index (χ1) is 13.3. The van der Waals surface area contributed by atoms with Crippen LogP contribution in [0.4, 0.5) is 4.39 Å². The lowest BCUT2D eigenvalue weighted by molar-refractivity contribution is -0.126. The van der Waals surface area contributed by atoms with Crippen LogP contribution >= 0.6 is 11.6 Å². The molecule has 2 aromatic carbocycles. The zero-order chi connectivity index (χ0) is 20.1. The van der Waals surface area contributed by atoms with Crippen molar-refractivity contribution in [3.63, 3.8) is 0 Å². The van der Waals surface area contributed by atoms with Crippen LogP contribution in [-0.2, 0) is 27.1 Å². The van der Waals surface area contributed by atoms with Crippen LogP contribution in [0.1, 0.15) is 24.0 Å². The van der Waals surface area contributed by atoms with Gasteiger partial charge in [-0.15, -0.1) is 0 Å². The Morgan fingerprint density at radius 3 is 2.64 bits per heavy atom. The molecule has 1 saturated heterocycles. The van der Waals surface area contributed by atoms with E-state index in [2.05, 4.69) is 5.32 Å². The number of nitrogens with one attached hydrogen (secondary N) is 1. The molecule has 0 radical (unpaired) electrons. The van der Waals surface area contributed by atoms with Crippen molar-refractivity contribution in [3.05, 3.63) is 70.5 Å². The number of amides is 1. The van der Waals surface area contributed by atoms with Crippen LogP contribution in [0, 0.1) is 11.7 Å². The molecule has 150 valence electrons. The Balaban J connectivity index is 1.59. The van der Waals surface area contributed by atoms with Crippen LogP contribution in [-0.4, -0.2) is 31.7 Å². The summed E-state index contributed by atoms with van der Waals surface area (Å²) in [7, 11) is -3.54. The number of sulfonamides is 1. The maximum atomic E-state index is 13.0. The molecular weight excluding hydrogens is 403 g/mol. The van der Waals surface area contributed by atoms with Crippen molar-refractivity contribution in [1.82, 2.24) is 9.62 Å². The summed E-state index contributed by atoms with van der Waals surface area (Å²) in [6, 6.07) is 12.7. The largest absolute Gasteiger partial charge is 0.352 e. The summed E-state index contributed by atoms with van der Waals surface area (Å²) >= 11 is 5.94. The molecule has 28 heavy (non-hydrogen) atoms. The van der Waals surface area contributed by atoms with Gasteiger partial charge in [-0.2, -0.15) is 0 Å². The highest BCUT2D eigenvalue weighted by Crippen LogP contribution is 2.22. The molecule has 0 aliphatic carbocycles. The summed E-state index contributed by atoms with van der Waals surface area (Å²) in [4.78, 5) is 12.5. The number of piperidine rings is 1. The molecule has 1 atom stereocenters. The smallest absolute Gasteiger partial charge is 0.224 e. The second-order valence-corrected chi connectivity index (χ2v) is 9.33. The Morgan fingerprint density at radius 2 is 1.93 bits per heavy atom. The molecule has 0 aromatic heterocycles. The molecule has 0 unspecified atom stereocenters.